The fourth-order valence-electron chi connectivity index (χ4n) is 2.81. The number of benzene rings is 3. The van der Waals surface area contributed by atoms with Crippen LogP contribution in [0.4, 0.5) is 0 Å². The van der Waals surface area contributed by atoms with E-state index in [4.69, 9.17) is 0 Å². The van der Waals surface area contributed by atoms with Gasteiger partial charge in [0.15, 0.2) is 0 Å². The Morgan fingerprint density at radius 2 is 1.20 bits per heavy atom. The molecule has 0 unspecified atom stereocenters. The van der Waals surface area contributed by atoms with Crippen molar-refractivity contribution in [3.05, 3.63) is 103 Å². The largest absolute Gasteiger partial charge is 0.305 e. The molecular weight excluding hydrogens is 482 g/mol. The van der Waals surface area contributed by atoms with Crippen molar-refractivity contribution in [2.24, 2.45) is 0 Å². The number of rotatable bonds is 3. The van der Waals surface area contributed by atoms with E-state index in [2.05, 4.69) is 77.8 Å². The monoisotopic (exact) mass is 499 g/mol. The fraction of sp³-hybridized carbons (Fsp3) is 0. The summed E-state index contributed by atoms with van der Waals surface area (Å²) >= 11 is 0. The number of nitrogens with zero attached hydrogens (tertiary/aromatic N) is 1. The second kappa shape index (κ2) is 8.02. The predicted molar refractivity (Wildman–Crippen MR) is 99.4 cm³/mol. The molecule has 4 rings (SSSR count). The zero-order valence-electron chi connectivity index (χ0n) is 13.5. The first-order valence-electron chi connectivity index (χ1n) is 7.99. The van der Waals surface area contributed by atoms with Crippen molar-refractivity contribution in [2.45, 2.75) is 0 Å². The van der Waals surface area contributed by atoms with Gasteiger partial charge in [-0.25, -0.2) is 0 Å². The van der Waals surface area contributed by atoms with Gasteiger partial charge in [-0.2, -0.15) is 0 Å². The van der Waals surface area contributed by atoms with Gasteiger partial charge in [0.25, 0.3) is 0 Å². The third-order valence-electron chi connectivity index (χ3n) is 4.05. The summed E-state index contributed by atoms with van der Waals surface area (Å²) in [5, 5.41) is 0. The maximum Gasteiger partial charge on any atom is 0.0166 e. The summed E-state index contributed by atoms with van der Waals surface area (Å²) in [6.45, 7) is 0. The third-order valence-corrected chi connectivity index (χ3v) is 4.05. The quantitative estimate of drug-likeness (QED) is 0.322. The molecule has 1 aromatic heterocycles. The van der Waals surface area contributed by atoms with Crippen molar-refractivity contribution < 1.29 is 20.1 Å². The SMILES string of the molecule is [Ir].[c-]1ccc(-c2ccccc2)cc1-c1cc(-c2ccccc2)ccn1. The number of hydrogen-bond acceptors (Lipinski definition) is 1. The Morgan fingerprint density at radius 3 is 1.84 bits per heavy atom. The van der Waals surface area contributed by atoms with E-state index in [1.54, 1.807) is 0 Å². The van der Waals surface area contributed by atoms with Gasteiger partial charge in [0.1, 0.15) is 0 Å². The molecule has 1 radical (unpaired) electrons. The Labute approximate surface area is 161 Å². The summed E-state index contributed by atoms with van der Waals surface area (Å²) in [7, 11) is 0. The average molecular weight is 499 g/mol. The zero-order chi connectivity index (χ0) is 16.2. The van der Waals surface area contributed by atoms with Crippen LogP contribution in [-0.4, -0.2) is 4.98 Å². The molecule has 123 valence electrons. The minimum absolute atomic E-state index is 0. The Balaban J connectivity index is 0.00000182. The Morgan fingerprint density at radius 1 is 0.600 bits per heavy atom. The first-order valence-corrected chi connectivity index (χ1v) is 7.99. The fourth-order valence-corrected chi connectivity index (χ4v) is 2.81. The van der Waals surface area contributed by atoms with Crippen LogP contribution in [0.3, 0.4) is 0 Å². The molecule has 4 aromatic rings. The van der Waals surface area contributed by atoms with Gasteiger partial charge in [-0.3, -0.25) is 0 Å². The molecule has 0 atom stereocenters. The molecule has 0 aliphatic rings. The van der Waals surface area contributed by atoms with Gasteiger partial charge in [0, 0.05) is 26.3 Å². The van der Waals surface area contributed by atoms with E-state index in [0.29, 0.717) is 0 Å². The number of pyridine rings is 1. The topological polar surface area (TPSA) is 12.9 Å². The maximum atomic E-state index is 4.54. The van der Waals surface area contributed by atoms with E-state index in [0.717, 1.165) is 11.3 Å². The van der Waals surface area contributed by atoms with Crippen molar-refractivity contribution in [3.8, 4) is 33.5 Å². The van der Waals surface area contributed by atoms with Crippen LogP contribution in [0.1, 0.15) is 0 Å². The van der Waals surface area contributed by atoms with Gasteiger partial charge in [0.2, 0.25) is 0 Å². The van der Waals surface area contributed by atoms with E-state index in [1.807, 2.05) is 30.5 Å². The van der Waals surface area contributed by atoms with Gasteiger partial charge in [-0.05, 0) is 28.5 Å². The van der Waals surface area contributed by atoms with Crippen LogP contribution < -0.4 is 0 Å². The molecule has 2 heteroatoms. The molecule has 0 fully saturated rings. The standard InChI is InChI=1S/C23H16N.Ir/c1-3-8-18(9-4-1)20-12-7-13-22(16-20)23-17-21(14-15-24-23)19-10-5-2-6-11-19;/h1-12,14-17H;/q-1;. The molecule has 25 heavy (non-hydrogen) atoms. The Hall–Kier alpha value is -2.54. The zero-order valence-corrected chi connectivity index (χ0v) is 15.9. The van der Waals surface area contributed by atoms with Crippen molar-refractivity contribution in [3.63, 3.8) is 0 Å². The number of hydrogen-bond donors (Lipinski definition) is 0. The van der Waals surface area contributed by atoms with Gasteiger partial charge in [0.05, 0.1) is 0 Å². The third kappa shape index (κ3) is 3.93. The summed E-state index contributed by atoms with van der Waals surface area (Å²) in [4.78, 5) is 4.54. The van der Waals surface area contributed by atoms with Gasteiger partial charge < -0.3 is 4.98 Å². The Bertz CT molecular complexity index is 869. The molecule has 1 nitrogen and oxygen atoms in total. The molecule has 0 saturated carbocycles. The van der Waals surface area contributed by atoms with E-state index >= 15 is 0 Å². The average Bonchev–Trinajstić information content (AvgIpc) is 2.70. The van der Waals surface area contributed by atoms with Crippen LogP contribution in [0, 0.1) is 6.07 Å². The van der Waals surface area contributed by atoms with Crippen LogP contribution in [0.15, 0.2) is 97.2 Å². The summed E-state index contributed by atoms with van der Waals surface area (Å²) in [6, 6.07) is 34.4. The van der Waals surface area contributed by atoms with Crippen LogP contribution in [0.25, 0.3) is 33.5 Å². The molecular formula is C23H16IrN-. The predicted octanol–water partition coefficient (Wildman–Crippen LogP) is 5.88. The normalized spacial score (nSPS) is 10.1. The smallest absolute Gasteiger partial charge is 0.0166 e. The Kier molecular flexibility index (Phi) is 5.55. The second-order valence-electron chi connectivity index (χ2n) is 5.65. The molecule has 0 bridgehead atoms. The second-order valence-corrected chi connectivity index (χ2v) is 5.65. The van der Waals surface area contributed by atoms with Crippen LogP contribution in [0.2, 0.25) is 0 Å². The summed E-state index contributed by atoms with van der Waals surface area (Å²) < 4.78 is 0. The first-order chi connectivity index (χ1) is 11.9. The van der Waals surface area contributed by atoms with Crippen molar-refractivity contribution >= 4 is 0 Å². The van der Waals surface area contributed by atoms with Gasteiger partial charge >= 0.3 is 0 Å². The molecule has 0 N–H and O–H groups in total. The van der Waals surface area contributed by atoms with Crippen LogP contribution in [0.5, 0.6) is 0 Å². The minimum atomic E-state index is 0. The van der Waals surface area contributed by atoms with Crippen molar-refractivity contribution in [2.75, 3.05) is 0 Å². The number of aromatic nitrogens is 1. The summed E-state index contributed by atoms with van der Waals surface area (Å²) in [5.74, 6) is 0. The maximum absolute atomic E-state index is 4.54. The van der Waals surface area contributed by atoms with Crippen LogP contribution >= 0.6 is 0 Å². The van der Waals surface area contributed by atoms with Crippen molar-refractivity contribution in [1.82, 2.24) is 4.98 Å². The van der Waals surface area contributed by atoms with Gasteiger partial charge in [-0.1, -0.05) is 66.7 Å². The molecule has 3 aromatic carbocycles. The van der Waals surface area contributed by atoms with Crippen LogP contribution in [-0.2, 0) is 20.1 Å². The first kappa shape index (κ1) is 17.3. The molecule has 0 amide bonds. The summed E-state index contributed by atoms with van der Waals surface area (Å²) in [6.07, 6.45) is 1.86. The van der Waals surface area contributed by atoms with E-state index < -0.39 is 0 Å². The minimum Gasteiger partial charge on any atom is -0.305 e. The molecule has 0 saturated heterocycles. The van der Waals surface area contributed by atoms with E-state index in [9.17, 15) is 0 Å². The molecule has 0 aliphatic carbocycles. The van der Waals surface area contributed by atoms with E-state index in [-0.39, 0.29) is 20.1 Å². The molecule has 0 spiro atoms. The van der Waals surface area contributed by atoms with Crippen molar-refractivity contribution in [1.29, 1.82) is 0 Å². The van der Waals surface area contributed by atoms with Gasteiger partial charge in [-0.15, -0.1) is 35.4 Å². The van der Waals surface area contributed by atoms with E-state index in [1.165, 1.54) is 22.3 Å². The molecule has 1 heterocycles. The summed E-state index contributed by atoms with van der Waals surface area (Å²) in [5.41, 5.74) is 6.69. The molecule has 0 aliphatic heterocycles.